The molecule has 0 N–H and O–H groups in total. The molecule has 4 nitrogen and oxygen atoms in total. The molecular formula is C22H17ClO4. The third kappa shape index (κ3) is 3.57. The molecule has 0 aliphatic rings. The number of ketones is 1. The van der Waals surface area contributed by atoms with Crippen molar-refractivity contribution in [3.05, 3.63) is 82.4 Å². The fourth-order valence-corrected chi connectivity index (χ4v) is 3.17. The fourth-order valence-electron chi connectivity index (χ4n) is 3.00. The number of aldehydes is 1. The van der Waals surface area contributed by atoms with E-state index in [1.54, 1.807) is 54.6 Å². The lowest BCUT2D eigenvalue weighted by Crippen LogP contribution is -2.07. The highest BCUT2D eigenvalue weighted by Gasteiger charge is 2.22. The van der Waals surface area contributed by atoms with Crippen LogP contribution in [0.25, 0.3) is 11.1 Å². The topological polar surface area (TPSA) is 52.6 Å². The summed E-state index contributed by atoms with van der Waals surface area (Å²) in [6, 6.07) is 17.2. The smallest absolute Gasteiger partial charge is 0.197 e. The summed E-state index contributed by atoms with van der Waals surface area (Å²) in [5.74, 6) is 0.531. The van der Waals surface area contributed by atoms with Gasteiger partial charge in [0.2, 0.25) is 0 Å². The molecule has 0 aromatic heterocycles. The lowest BCUT2D eigenvalue weighted by Gasteiger charge is -2.15. The van der Waals surface area contributed by atoms with Crippen LogP contribution in [0.2, 0.25) is 5.02 Å². The van der Waals surface area contributed by atoms with Crippen LogP contribution < -0.4 is 9.47 Å². The second-order valence-corrected chi connectivity index (χ2v) is 6.20. The fraction of sp³-hybridized carbons (Fsp3) is 0.0909. The second-order valence-electron chi connectivity index (χ2n) is 5.77. The van der Waals surface area contributed by atoms with Gasteiger partial charge in [-0.05, 0) is 35.4 Å². The van der Waals surface area contributed by atoms with Gasteiger partial charge in [-0.25, -0.2) is 0 Å². The molecule has 0 saturated heterocycles. The Morgan fingerprint density at radius 1 is 0.889 bits per heavy atom. The van der Waals surface area contributed by atoms with Crippen LogP contribution in [0, 0.1) is 0 Å². The summed E-state index contributed by atoms with van der Waals surface area (Å²) >= 11 is 6.16. The minimum atomic E-state index is -0.274. The number of methoxy groups -OCH3 is 2. The average molecular weight is 381 g/mol. The molecule has 27 heavy (non-hydrogen) atoms. The van der Waals surface area contributed by atoms with E-state index < -0.39 is 0 Å². The van der Waals surface area contributed by atoms with Gasteiger partial charge in [0, 0.05) is 16.1 Å². The maximum Gasteiger partial charge on any atom is 0.197 e. The standard InChI is InChI=1S/C22H17ClO4/c1-26-20-9-5-8-18(22(20)27-2)21(25)19-12-15(23)10-11-17(19)16-7-4-3-6-14(16)13-24/h3-13H,1-2H3. The summed E-state index contributed by atoms with van der Waals surface area (Å²) in [6.07, 6.45) is 0.768. The normalized spacial score (nSPS) is 10.3. The lowest BCUT2D eigenvalue weighted by atomic mass is 9.91. The van der Waals surface area contributed by atoms with Crippen molar-refractivity contribution in [2.75, 3.05) is 14.2 Å². The van der Waals surface area contributed by atoms with E-state index in [4.69, 9.17) is 21.1 Å². The molecule has 0 spiro atoms. The van der Waals surface area contributed by atoms with Crippen molar-refractivity contribution < 1.29 is 19.1 Å². The molecule has 0 aliphatic heterocycles. The van der Waals surface area contributed by atoms with E-state index in [0.717, 1.165) is 6.29 Å². The zero-order chi connectivity index (χ0) is 19.4. The Kier molecular flexibility index (Phi) is 5.57. The Labute approximate surface area is 162 Å². The van der Waals surface area contributed by atoms with Crippen molar-refractivity contribution in [3.63, 3.8) is 0 Å². The zero-order valence-electron chi connectivity index (χ0n) is 14.9. The van der Waals surface area contributed by atoms with Crippen LogP contribution in [-0.4, -0.2) is 26.3 Å². The number of para-hydroxylation sites is 1. The van der Waals surface area contributed by atoms with Crippen molar-refractivity contribution in [3.8, 4) is 22.6 Å². The number of carbonyl (C=O) groups excluding carboxylic acids is 2. The average Bonchev–Trinajstić information content (AvgIpc) is 2.72. The number of carbonyl (C=O) groups is 2. The predicted molar refractivity (Wildman–Crippen MR) is 105 cm³/mol. The first kappa shape index (κ1) is 18.7. The molecule has 0 unspecified atom stereocenters. The monoisotopic (exact) mass is 380 g/mol. The predicted octanol–water partition coefficient (Wildman–Crippen LogP) is 5.07. The van der Waals surface area contributed by atoms with Gasteiger partial charge in [0.05, 0.1) is 19.8 Å². The minimum Gasteiger partial charge on any atom is -0.493 e. The van der Waals surface area contributed by atoms with Gasteiger partial charge < -0.3 is 9.47 Å². The van der Waals surface area contributed by atoms with Crippen LogP contribution in [0.5, 0.6) is 11.5 Å². The maximum absolute atomic E-state index is 13.4. The summed E-state index contributed by atoms with van der Waals surface area (Å²) in [6.45, 7) is 0. The Bertz CT molecular complexity index is 1010. The molecule has 136 valence electrons. The van der Waals surface area contributed by atoms with E-state index in [1.165, 1.54) is 14.2 Å². The van der Waals surface area contributed by atoms with E-state index in [2.05, 4.69) is 0 Å². The van der Waals surface area contributed by atoms with Gasteiger partial charge in [0.15, 0.2) is 23.6 Å². The summed E-state index contributed by atoms with van der Waals surface area (Å²) in [4.78, 5) is 24.8. The third-order valence-electron chi connectivity index (χ3n) is 4.25. The Morgan fingerprint density at radius 2 is 1.67 bits per heavy atom. The molecule has 0 amide bonds. The number of hydrogen-bond acceptors (Lipinski definition) is 4. The first-order chi connectivity index (χ1) is 13.1. The lowest BCUT2D eigenvalue weighted by molar-refractivity contribution is 0.103. The number of ether oxygens (including phenoxy) is 2. The van der Waals surface area contributed by atoms with Gasteiger partial charge in [-0.15, -0.1) is 0 Å². The SMILES string of the molecule is COc1cccc(C(=O)c2cc(Cl)ccc2-c2ccccc2C=O)c1OC. The highest BCUT2D eigenvalue weighted by atomic mass is 35.5. The van der Waals surface area contributed by atoms with Gasteiger partial charge in [0.1, 0.15) is 0 Å². The Balaban J connectivity index is 2.23. The third-order valence-corrected chi connectivity index (χ3v) is 4.49. The van der Waals surface area contributed by atoms with Crippen molar-refractivity contribution in [2.45, 2.75) is 0 Å². The Morgan fingerprint density at radius 3 is 2.37 bits per heavy atom. The van der Waals surface area contributed by atoms with Gasteiger partial charge in [0.25, 0.3) is 0 Å². The summed E-state index contributed by atoms with van der Waals surface area (Å²) in [5.41, 5.74) is 2.50. The molecule has 0 radical (unpaired) electrons. The van der Waals surface area contributed by atoms with Gasteiger partial charge in [-0.1, -0.05) is 48.0 Å². The van der Waals surface area contributed by atoms with Gasteiger partial charge >= 0.3 is 0 Å². The Hall–Kier alpha value is -3.11. The molecule has 0 heterocycles. The molecule has 3 aromatic rings. The van der Waals surface area contributed by atoms with E-state index in [0.29, 0.717) is 44.3 Å². The van der Waals surface area contributed by atoms with Crippen LogP contribution in [0.1, 0.15) is 26.3 Å². The summed E-state index contributed by atoms with van der Waals surface area (Å²) in [7, 11) is 2.99. The first-order valence-electron chi connectivity index (χ1n) is 8.20. The molecule has 0 aliphatic carbocycles. The van der Waals surface area contributed by atoms with E-state index in [1.807, 2.05) is 6.07 Å². The van der Waals surface area contributed by atoms with Gasteiger partial charge in [-0.2, -0.15) is 0 Å². The van der Waals surface area contributed by atoms with E-state index >= 15 is 0 Å². The number of hydrogen-bond donors (Lipinski definition) is 0. The minimum absolute atomic E-state index is 0.274. The van der Waals surface area contributed by atoms with E-state index in [-0.39, 0.29) is 5.78 Å². The van der Waals surface area contributed by atoms with Gasteiger partial charge in [-0.3, -0.25) is 9.59 Å². The van der Waals surface area contributed by atoms with Crippen molar-refractivity contribution in [2.24, 2.45) is 0 Å². The number of rotatable bonds is 6. The summed E-state index contributed by atoms with van der Waals surface area (Å²) in [5, 5.41) is 0.424. The zero-order valence-corrected chi connectivity index (χ0v) is 15.6. The maximum atomic E-state index is 13.4. The highest BCUT2D eigenvalue weighted by Crippen LogP contribution is 2.35. The van der Waals surface area contributed by atoms with Crippen LogP contribution >= 0.6 is 11.6 Å². The summed E-state index contributed by atoms with van der Waals surface area (Å²) < 4.78 is 10.7. The van der Waals surface area contributed by atoms with Crippen LogP contribution in [0.3, 0.4) is 0 Å². The molecule has 0 saturated carbocycles. The number of halogens is 1. The first-order valence-corrected chi connectivity index (χ1v) is 8.58. The molecular weight excluding hydrogens is 364 g/mol. The molecule has 3 rings (SSSR count). The quantitative estimate of drug-likeness (QED) is 0.442. The second kappa shape index (κ2) is 8.06. The largest absolute Gasteiger partial charge is 0.493 e. The van der Waals surface area contributed by atoms with Crippen molar-refractivity contribution in [1.82, 2.24) is 0 Å². The van der Waals surface area contributed by atoms with Crippen LogP contribution in [0.4, 0.5) is 0 Å². The molecule has 5 heteroatoms. The molecule has 0 bridgehead atoms. The molecule has 3 aromatic carbocycles. The number of benzene rings is 3. The van der Waals surface area contributed by atoms with Crippen LogP contribution in [-0.2, 0) is 0 Å². The molecule has 0 atom stereocenters. The highest BCUT2D eigenvalue weighted by molar-refractivity contribution is 6.31. The molecule has 0 fully saturated rings. The van der Waals surface area contributed by atoms with E-state index in [9.17, 15) is 9.59 Å². The van der Waals surface area contributed by atoms with Crippen molar-refractivity contribution in [1.29, 1.82) is 0 Å². The van der Waals surface area contributed by atoms with Crippen LogP contribution in [0.15, 0.2) is 60.7 Å². The van der Waals surface area contributed by atoms with Crippen molar-refractivity contribution >= 4 is 23.7 Å².